The largest absolute Gasteiger partial charge is 0.356 e. The van der Waals surface area contributed by atoms with Gasteiger partial charge in [0.2, 0.25) is 0 Å². The van der Waals surface area contributed by atoms with E-state index in [1.165, 1.54) is 0 Å². The highest BCUT2D eigenvalue weighted by Crippen LogP contribution is 2.19. The molecule has 1 aliphatic carbocycles. The molecule has 0 aliphatic heterocycles. The van der Waals surface area contributed by atoms with Gasteiger partial charge in [0.25, 0.3) is 0 Å². The number of rotatable bonds is 0. The van der Waals surface area contributed by atoms with Crippen molar-refractivity contribution in [3.05, 3.63) is 29.2 Å². The van der Waals surface area contributed by atoms with Crippen LogP contribution in [0.5, 0.6) is 0 Å². The minimum atomic E-state index is 0.500. The third kappa shape index (κ3) is 3.70. The Kier molecular flexibility index (Phi) is 7.24. The van der Waals surface area contributed by atoms with E-state index in [0.29, 0.717) is 7.18 Å². The van der Waals surface area contributed by atoms with Crippen molar-refractivity contribution in [2.75, 3.05) is 7.18 Å². The molecule has 0 saturated heterocycles. The number of fused-ring (bicyclic) bond motifs is 1. The summed E-state index contributed by atoms with van der Waals surface area (Å²) >= 11 is 0. The average molecular weight is 211 g/mol. The zero-order chi connectivity index (χ0) is 11.7. The van der Waals surface area contributed by atoms with Crippen LogP contribution in [0, 0.1) is 6.92 Å². The molecule has 0 amide bonds. The highest BCUT2D eigenvalue weighted by Gasteiger charge is 2.07. The van der Waals surface area contributed by atoms with Crippen LogP contribution in [0.4, 0.5) is 4.39 Å². The lowest BCUT2D eigenvalue weighted by Gasteiger charge is -1.84. The van der Waals surface area contributed by atoms with Crippen molar-refractivity contribution < 1.29 is 8.91 Å². The molecular weight excluding hydrogens is 193 g/mol. The molecule has 1 aromatic rings. The summed E-state index contributed by atoms with van der Waals surface area (Å²) in [6.45, 7) is 5.95. The molecule has 15 heavy (non-hydrogen) atoms. The molecule has 0 fully saturated rings. The van der Waals surface area contributed by atoms with E-state index in [4.69, 9.17) is 4.52 Å². The highest BCUT2D eigenvalue weighted by atomic mass is 19.1. The maximum absolute atomic E-state index is 9.50. The molecule has 0 atom stereocenters. The van der Waals surface area contributed by atoms with Crippen LogP contribution in [0.25, 0.3) is 12.2 Å². The van der Waals surface area contributed by atoms with E-state index >= 15 is 0 Å². The Morgan fingerprint density at radius 2 is 1.80 bits per heavy atom. The Labute approximate surface area is 90.5 Å². The number of allylic oxidation sites excluding steroid dienone is 2. The summed E-state index contributed by atoms with van der Waals surface area (Å²) in [7, 11) is 0.500. The van der Waals surface area contributed by atoms with Crippen molar-refractivity contribution in [3.8, 4) is 0 Å². The summed E-state index contributed by atoms with van der Waals surface area (Å²) in [4.78, 5) is 0. The van der Waals surface area contributed by atoms with Crippen LogP contribution in [0.2, 0.25) is 0 Å². The van der Waals surface area contributed by atoms with Gasteiger partial charge < -0.3 is 4.52 Å². The van der Waals surface area contributed by atoms with E-state index in [2.05, 4.69) is 23.4 Å². The maximum Gasteiger partial charge on any atom is 0.166 e. The number of aryl methyl sites for hydroxylation is 1. The lowest BCUT2D eigenvalue weighted by Crippen LogP contribution is -1.74. The molecule has 0 aromatic carbocycles. The fourth-order valence-corrected chi connectivity index (χ4v) is 1.16. The number of alkyl halides is 1. The first-order valence-corrected chi connectivity index (χ1v) is 5.05. The average Bonchev–Trinajstić information content (AvgIpc) is 2.56. The Hall–Kier alpha value is -1.38. The Morgan fingerprint density at radius 3 is 2.47 bits per heavy atom. The van der Waals surface area contributed by atoms with Crippen LogP contribution < -0.4 is 0 Å². The van der Waals surface area contributed by atoms with Gasteiger partial charge in [0.05, 0.1) is 12.9 Å². The SMILES string of the molecule is CC.CF.Cc1noc2c1C=CCC=C2. The van der Waals surface area contributed by atoms with Crippen molar-refractivity contribution in [2.45, 2.75) is 27.2 Å². The smallest absolute Gasteiger partial charge is 0.166 e. The second kappa shape index (κ2) is 7.97. The number of hydrogen-bond acceptors (Lipinski definition) is 2. The molecule has 3 heteroatoms. The van der Waals surface area contributed by atoms with Crippen LogP contribution in [0.1, 0.15) is 37.3 Å². The zero-order valence-electron chi connectivity index (χ0n) is 9.75. The van der Waals surface area contributed by atoms with Gasteiger partial charge >= 0.3 is 0 Å². The first-order valence-electron chi connectivity index (χ1n) is 5.05. The predicted molar refractivity (Wildman–Crippen MR) is 62.3 cm³/mol. The van der Waals surface area contributed by atoms with E-state index in [-0.39, 0.29) is 0 Å². The molecule has 0 N–H and O–H groups in total. The van der Waals surface area contributed by atoms with E-state index < -0.39 is 0 Å². The quantitative estimate of drug-likeness (QED) is 0.647. The zero-order valence-corrected chi connectivity index (χ0v) is 9.75. The van der Waals surface area contributed by atoms with Crippen molar-refractivity contribution in [2.24, 2.45) is 0 Å². The molecule has 0 radical (unpaired) electrons. The van der Waals surface area contributed by atoms with Gasteiger partial charge in [0.15, 0.2) is 5.76 Å². The fraction of sp³-hybridized carbons (Fsp3) is 0.417. The molecule has 0 saturated carbocycles. The van der Waals surface area contributed by atoms with E-state index in [9.17, 15) is 4.39 Å². The first kappa shape index (κ1) is 13.6. The number of aromatic nitrogens is 1. The molecule has 1 aliphatic rings. The molecule has 1 aromatic heterocycles. The van der Waals surface area contributed by atoms with Crippen LogP contribution in [-0.4, -0.2) is 12.3 Å². The standard InChI is InChI=1S/C9H9NO.C2H6.CH3F/c1-7-8-5-3-2-4-6-9(8)11-10-7;2*1-2/h3-6H,2H2,1H3;1-2H3;1H3. The summed E-state index contributed by atoms with van der Waals surface area (Å²) in [6, 6.07) is 0. The summed E-state index contributed by atoms with van der Waals surface area (Å²) in [5.41, 5.74) is 2.07. The van der Waals surface area contributed by atoms with Crippen molar-refractivity contribution in [1.82, 2.24) is 5.16 Å². The molecule has 0 spiro atoms. The Bertz CT molecular complexity index is 326. The third-order valence-corrected chi connectivity index (χ3v) is 1.76. The summed E-state index contributed by atoms with van der Waals surface area (Å²) in [6.07, 6.45) is 9.17. The lowest BCUT2D eigenvalue weighted by atomic mass is 10.2. The fourth-order valence-electron chi connectivity index (χ4n) is 1.16. The second-order valence-electron chi connectivity index (χ2n) is 2.59. The van der Waals surface area contributed by atoms with Crippen LogP contribution >= 0.6 is 0 Å². The maximum atomic E-state index is 9.50. The number of nitrogens with zero attached hydrogens (tertiary/aromatic N) is 1. The Balaban J connectivity index is 0.000000442. The molecule has 1 heterocycles. The molecule has 2 nitrogen and oxygen atoms in total. The minimum absolute atomic E-state index is 0.500. The lowest BCUT2D eigenvalue weighted by molar-refractivity contribution is 0.408. The topological polar surface area (TPSA) is 26.0 Å². The number of hydrogen-bond donors (Lipinski definition) is 0. The third-order valence-electron chi connectivity index (χ3n) is 1.76. The molecular formula is C12H18FNO. The molecule has 84 valence electrons. The monoisotopic (exact) mass is 211 g/mol. The molecule has 2 rings (SSSR count). The van der Waals surface area contributed by atoms with Gasteiger partial charge in [0.1, 0.15) is 0 Å². The summed E-state index contributed by atoms with van der Waals surface area (Å²) < 4.78 is 14.6. The number of halogens is 1. The second-order valence-corrected chi connectivity index (χ2v) is 2.59. The van der Waals surface area contributed by atoms with Gasteiger partial charge in [-0.2, -0.15) is 0 Å². The van der Waals surface area contributed by atoms with Gasteiger partial charge in [0, 0.05) is 5.56 Å². The first-order chi connectivity index (χ1) is 7.38. The molecule has 0 bridgehead atoms. The minimum Gasteiger partial charge on any atom is -0.356 e. The van der Waals surface area contributed by atoms with Gasteiger partial charge in [-0.25, -0.2) is 0 Å². The van der Waals surface area contributed by atoms with Crippen LogP contribution in [0.15, 0.2) is 16.7 Å². The summed E-state index contributed by atoms with van der Waals surface area (Å²) in [5, 5.41) is 3.86. The molecule has 0 unspecified atom stereocenters. The van der Waals surface area contributed by atoms with Crippen LogP contribution in [0.3, 0.4) is 0 Å². The van der Waals surface area contributed by atoms with Gasteiger partial charge in [-0.15, -0.1) is 0 Å². The Morgan fingerprint density at radius 1 is 1.20 bits per heavy atom. The van der Waals surface area contributed by atoms with Crippen LogP contribution in [-0.2, 0) is 0 Å². The van der Waals surface area contributed by atoms with Gasteiger partial charge in [-0.3, -0.25) is 4.39 Å². The van der Waals surface area contributed by atoms with Crippen molar-refractivity contribution >= 4 is 12.2 Å². The van der Waals surface area contributed by atoms with Crippen molar-refractivity contribution in [1.29, 1.82) is 0 Å². The van der Waals surface area contributed by atoms with E-state index in [1.807, 2.05) is 26.8 Å². The van der Waals surface area contributed by atoms with E-state index in [0.717, 1.165) is 23.4 Å². The van der Waals surface area contributed by atoms with Gasteiger partial charge in [-0.1, -0.05) is 37.2 Å². The predicted octanol–water partition coefficient (Wildman–Crippen LogP) is 4.03. The highest BCUT2D eigenvalue weighted by molar-refractivity contribution is 5.64. The van der Waals surface area contributed by atoms with Crippen molar-refractivity contribution in [3.63, 3.8) is 0 Å². The van der Waals surface area contributed by atoms with Gasteiger partial charge in [-0.05, 0) is 19.4 Å². The van der Waals surface area contributed by atoms with E-state index in [1.54, 1.807) is 0 Å². The summed E-state index contributed by atoms with van der Waals surface area (Å²) in [5.74, 6) is 0.872. The normalized spacial score (nSPS) is 11.5.